The molecule has 0 spiro atoms. The molecule has 4 aromatic rings. The van der Waals surface area contributed by atoms with Crippen molar-refractivity contribution in [2.75, 3.05) is 0 Å². The van der Waals surface area contributed by atoms with Crippen molar-refractivity contribution in [3.05, 3.63) is 60.0 Å². The molecular formula is C17H12ClN3S. The van der Waals surface area contributed by atoms with E-state index in [2.05, 4.69) is 28.2 Å². The van der Waals surface area contributed by atoms with Crippen molar-refractivity contribution in [3.63, 3.8) is 0 Å². The van der Waals surface area contributed by atoms with Crippen molar-refractivity contribution in [2.45, 2.75) is 0 Å². The van der Waals surface area contributed by atoms with Crippen LogP contribution in [0.15, 0.2) is 54.7 Å². The fourth-order valence-corrected chi connectivity index (χ4v) is 3.72. The second kappa shape index (κ2) is 5.23. The van der Waals surface area contributed by atoms with Crippen LogP contribution in [0.4, 0.5) is 0 Å². The van der Waals surface area contributed by atoms with Crippen LogP contribution in [0.3, 0.4) is 0 Å². The van der Waals surface area contributed by atoms with E-state index in [1.54, 1.807) is 11.3 Å². The summed E-state index contributed by atoms with van der Waals surface area (Å²) in [6.07, 6.45) is 1.99. The Balaban J connectivity index is 1.88. The Morgan fingerprint density at radius 1 is 1.00 bits per heavy atom. The molecule has 0 aliphatic heterocycles. The van der Waals surface area contributed by atoms with Gasteiger partial charge in [0.25, 0.3) is 0 Å². The second-order valence-corrected chi connectivity index (χ2v) is 6.48. The summed E-state index contributed by atoms with van der Waals surface area (Å²) in [6.45, 7) is 0. The van der Waals surface area contributed by atoms with Crippen LogP contribution in [0.1, 0.15) is 0 Å². The molecule has 0 saturated heterocycles. The molecule has 108 valence electrons. The number of aryl methyl sites for hydroxylation is 1. The van der Waals surface area contributed by atoms with Gasteiger partial charge in [-0.15, -0.1) is 11.3 Å². The van der Waals surface area contributed by atoms with Gasteiger partial charge in [-0.05, 0) is 47.3 Å². The van der Waals surface area contributed by atoms with Gasteiger partial charge in [0.15, 0.2) is 0 Å². The molecule has 0 radical (unpaired) electrons. The highest BCUT2D eigenvalue weighted by Crippen LogP contribution is 2.34. The maximum atomic E-state index is 6.14. The van der Waals surface area contributed by atoms with Gasteiger partial charge in [-0.25, -0.2) is 9.97 Å². The van der Waals surface area contributed by atoms with Gasteiger partial charge in [-0.2, -0.15) is 0 Å². The molecule has 0 fully saturated rings. The normalized spacial score (nSPS) is 11.2. The van der Waals surface area contributed by atoms with E-state index < -0.39 is 0 Å². The van der Waals surface area contributed by atoms with Crippen molar-refractivity contribution in [2.24, 2.45) is 7.05 Å². The van der Waals surface area contributed by atoms with Crippen LogP contribution in [-0.4, -0.2) is 14.5 Å². The first-order chi connectivity index (χ1) is 10.7. The van der Waals surface area contributed by atoms with E-state index >= 15 is 0 Å². The van der Waals surface area contributed by atoms with Crippen LogP contribution < -0.4 is 0 Å². The predicted octanol–water partition coefficient (Wildman–Crippen LogP) is 5.02. The Hall–Kier alpha value is -2.17. The van der Waals surface area contributed by atoms with Crippen molar-refractivity contribution in [1.29, 1.82) is 0 Å². The highest BCUT2D eigenvalue weighted by molar-refractivity contribution is 7.22. The Bertz CT molecular complexity index is 938. The minimum absolute atomic E-state index is 0.270. The Labute approximate surface area is 136 Å². The van der Waals surface area contributed by atoms with E-state index in [1.165, 1.54) is 10.1 Å². The summed E-state index contributed by atoms with van der Waals surface area (Å²) in [5.41, 5.74) is 2.71. The quantitative estimate of drug-likeness (QED) is 0.485. The third kappa shape index (κ3) is 2.30. The molecule has 0 amide bonds. The van der Waals surface area contributed by atoms with Gasteiger partial charge in [0.2, 0.25) is 5.28 Å². The third-order valence-corrected chi connectivity index (χ3v) is 4.89. The monoisotopic (exact) mass is 325 g/mol. The summed E-state index contributed by atoms with van der Waals surface area (Å²) in [5.74, 6) is 0. The van der Waals surface area contributed by atoms with E-state index in [4.69, 9.17) is 11.6 Å². The molecule has 22 heavy (non-hydrogen) atoms. The van der Waals surface area contributed by atoms with Gasteiger partial charge in [-0.1, -0.05) is 18.2 Å². The summed E-state index contributed by atoms with van der Waals surface area (Å²) in [7, 11) is 1.99. The molecule has 0 saturated carbocycles. The minimum atomic E-state index is 0.270. The van der Waals surface area contributed by atoms with Crippen molar-refractivity contribution >= 4 is 33.0 Å². The van der Waals surface area contributed by atoms with Gasteiger partial charge in [0, 0.05) is 17.9 Å². The standard InChI is InChI=1S/C17H12ClN3S/c1-21-8-4-6-14(21)12-10-13(20-17(18)19-12)16-9-11-5-2-3-7-15(11)22-16/h2-10H,1H3. The van der Waals surface area contributed by atoms with E-state index in [0.29, 0.717) is 0 Å². The zero-order chi connectivity index (χ0) is 15.1. The molecule has 3 aromatic heterocycles. The summed E-state index contributed by atoms with van der Waals surface area (Å²) >= 11 is 7.85. The second-order valence-electron chi connectivity index (χ2n) is 5.06. The lowest BCUT2D eigenvalue weighted by atomic mass is 10.2. The van der Waals surface area contributed by atoms with Gasteiger partial charge >= 0.3 is 0 Å². The van der Waals surface area contributed by atoms with Crippen LogP contribution in [0.5, 0.6) is 0 Å². The first kappa shape index (κ1) is 13.5. The smallest absolute Gasteiger partial charge is 0.223 e. The third-order valence-electron chi connectivity index (χ3n) is 3.58. The summed E-state index contributed by atoms with van der Waals surface area (Å²) < 4.78 is 3.26. The first-order valence-electron chi connectivity index (χ1n) is 6.86. The number of rotatable bonds is 2. The number of hydrogen-bond acceptors (Lipinski definition) is 3. The summed E-state index contributed by atoms with van der Waals surface area (Å²) in [4.78, 5) is 9.85. The lowest BCUT2D eigenvalue weighted by Crippen LogP contribution is -1.95. The lowest BCUT2D eigenvalue weighted by molar-refractivity contribution is 0.929. The van der Waals surface area contributed by atoms with Gasteiger partial charge < -0.3 is 4.57 Å². The molecule has 5 heteroatoms. The van der Waals surface area contributed by atoms with Gasteiger partial charge in [0.05, 0.1) is 22.0 Å². The van der Waals surface area contributed by atoms with Crippen LogP contribution in [0.2, 0.25) is 5.28 Å². The fraction of sp³-hybridized carbons (Fsp3) is 0.0588. The molecule has 0 bridgehead atoms. The Kier molecular flexibility index (Phi) is 3.21. The van der Waals surface area contributed by atoms with E-state index in [0.717, 1.165) is 22.0 Å². The molecule has 1 aromatic carbocycles. The maximum absolute atomic E-state index is 6.14. The van der Waals surface area contributed by atoms with Gasteiger partial charge in [0.1, 0.15) is 0 Å². The van der Waals surface area contributed by atoms with Crippen LogP contribution in [0.25, 0.3) is 32.0 Å². The predicted molar refractivity (Wildman–Crippen MR) is 92.3 cm³/mol. The van der Waals surface area contributed by atoms with E-state index in [1.807, 2.05) is 48.1 Å². The molecule has 0 N–H and O–H groups in total. The van der Waals surface area contributed by atoms with E-state index in [-0.39, 0.29) is 5.28 Å². The Morgan fingerprint density at radius 2 is 1.82 bits per heavy atom. The zero-order valence-corrected chi connectivity index (χ0v) is 13.4. The molecule has 4 rings (SSSR count). The largest absolute Gasteiger partial charge is 0.349 e. The van der Waals surface area contributed by atoms with E-state index in [9.17, 15) is 0 Å². The lowest BCUT2D eigenvalue weighted by Gasteiger charge is -2.05. The average Bonchev–Trinajstić information content (AvgIpc) is 3.12. The molecule has 0 aliphatic rings. The minimum Gasteiger partial charge on any atom is -0.349 e. The van der Waals surface area contributed by atoms with Crippen molar-refractivity contribution in [3.8, 4) is 22.0 Å². The number of hydrogen-bond donors (Lipinski definition) is 0. The van der Waals surface area contributed by atoms with Crippen molar-refractivity contribution in [1.82, 2.24) is 14.5 Å². The molecule has 0 unspecified atom stereocenters. The number of fused-ring (bicyclic) bond motifs is 1. The number of thiophene rings is 1. The number of halogens is 1. The summed E-state index contributed by atoms with van der Waals surface area (Å²) in [6, 6.07) is 16.5. The van der Waals surface area contributed by atoms with Crippen LogP contribution >= 0.6 is 22.9 Å². The summed E-state index contributed by atoms with van der Waals surface area (Å²) in [5, 5.41) is 1.49. The number of benzene rings is 1. The highest BCUT2D eigenvalue weighted by Gasteiger charge is 2.11. The molecule has 3 heterocycles. The maximum Gasteiger partial charge on any atom is 0.223 e. The fourth-order valence-electron chi connectivity index (χ4n) is 2.51. The van der Waals surface area contributed by atoms with Gasteiger partial charge in [-0.3, -0.25) is 0 Å². The molecule has 0 atom stereocenters. The first-order valence-corrected chi connectivity index (χ1v) is 8.05. The zero-order valence-electron chi connectivity index (χ0n) is 11.8. The highest BCUT2D eigenvalue weighted by atomic mass is 35.5. The van der Waals surface area contributed by atoms with Crippen LogP contribution in [0, 0.1) is 0 Å². The number of nitrogens with zero attached hydrogens (tertiary/aromatic N) is 3. The van der Waals surface area contributed by atoms with Crippen LogP contribution in [-0.2, 0) is 7.05 Å². The number of aromatic nitrogens is 3. The topological polar surface area (TPSA) is 30.7 Å². The SMILES string of the molecule is Cn1cccc1-c1cc(-c2cc3ccccc3s2)nc(Cl)n1. The average molecular weight is 326 g/mol. The Morgan fingerprint density at radius 3 is 2.59 bits per heavy atom. The van der Waals surface area contributed by atoms with Crippen molar-refractivity contribution < 1.29 is 0 Å². The molecule has 3 nitrogen and oxygen atoms in total. The molecule has 0 aliphatic carbocycles. The molecular weight excluding hydrogens is 314 g/mol.